The van der Waals surface area contributed by atoms with Gasteiger partial charge in [0.15, 0.2) is 0 Å². The van der Waals surface area contributed by atoms with Crippen molar-refractivity contribution < 1.29 is 14.6 Å². The summed E-state index contributed by atoms with van der Waals surface area (Å²) in [6.07, 6.45) is 7.05. The molecular formula is C10H17NO3. The predicted octanol–water partition coefficient (Wildman–Crippen LogP) is 0.568. The first-order valence-corrected chi connectivity index (χ1v) is 4.85. The first-order valence-electron chi connectivity index (χ1n) is 4.85. The van der Waals surface area contributed by atoms with Gasteiger partial charge in [-0.2, -0.15) is 0 Å². The fourth-order valence-electron chi connectivity index (χ4n) is 1.75. The molecule has 0 atom stereocenters. The van der Waals surface area contributed by atoms with E-state index in [1.165, 1.54) is 13.2 Å². The summed E-state index contributed by atoms with van der Waals surface area (Å²) >= 11 is 0. The van der Waals surface area contributed by atoms with Crippen LogP contribution in [0, 0.1) is 0 Å². The van der Waals surface area contributed by atoms with Gasteiger partial charge in [-0.15, -0.1) is 0 Å². The number of carbonyl (C=O) groups excluding carboxylic acids is 1. The van der Waals surface area contributed by atoms with E-state index in [9.17, 15) is 9.90 Å². The molecule has 0 aromatic heterocycles. The molecule has 0 unspecified atom stereocenters. The maximum Gasteiger partial charge on any atom is 0.331 e. The summed E-state index contributed by atoms with van der Waals surface area (Å²) in [6, 6.07) is 0. The molecule has 1 rings (SSSR count). The van der Waals surface area contributed by atoms with Crippen molar-refractivity contribution in [2.24, 2.45) is 0 Å². The summed E-state index contributed by atoms with van der Waals surface area (Å²) in [5.41, 5.74) is -0.218. The van der Waals surface area contributed by atoms with E-state index in [2.05, 4.69) is 10.1 Å². The number of carbonyl (C=O) groups is 1. The van der Waals surface area contributed by atoms with Gasteiger partial charge in [0.1, 0.15) is 0 Å². The van der Waals surface area contributed by atoms with E-state index in [4.69, 9.17) is 0 Å². The van der Waals surface area contributed by atoms with Crippen molar-refractivity contribution in [3.05, 3.63) is 12.3 Å². The Morgan fingerprint density at radius 2 is 2.21 bits per heavy atom. The van der Waals surface area contributed by atoms with Crippen molar-refractivity contribution in [1.82, 2.24) is 5.32 Å². The third kappa shape index (κ3) is 2.73. The van der Waals surface area contributed by atoms with Crippen LogP contribution in [0.2, 0.25) is 0 Å². The highest BCUT2D eigenvalue weighted by molar-refractivity contribution is 5.81. The Morgan fingerprint density at radius 3 is 2.71 bits per heavy atom. The van der Waals surface area contributed by atoms with Gasteiger partial charge in [0.2, 0.25) is 0 Å². The number of esters is 1. The molecule has 0 heterocycles. The van der Waals surface area contributed by atoms with Gasteiger partial charge < -0.3 is 15.2 Å². The Morgan fingerprint density at radius 1 is 1.57 bits per heavy atom. The molecule has 0 bridgehead atoms. The molecule has 0 spiro atoms. The van der Waals surface area contributed by atoms with Gasteiger partial charge in [-0.25, -0.2) is 4.79 Å². The van der Waals surface area contributed by atoms with E-state index in [1.54, 1.807) is 6.20 Å². The molecule has 4 heteroatoms. The molecule has 0 saturated heterocycles. The lowest BCUT2D eigenvalue weighted by molar-refractivity contribution is -0.134. The van der Waals surface area contributed by atoms with E-state index in [1.807, 2.05) is 0 Å². The fraction of sp³-hybridized carbons (Fsp3) is 0.700. The van der Waals surface area contributed by atoms with Crippen LogP contribution in [0.4, 0.5) is 0 Å². The topological polar surface area (TPSA) is 58.6 Å². The molecule has 14 heavy (non-hydrogen) atoms. The summed E-state index contributed by atoms with van der Waals surface area (Å²) in [5.74, 6) is -0.386. The van der Waals surface area contributed by atoms with E-state index in [0.29, 0.717) is 0 Å². The average molecular weight is 199 g/mol. The standard InChI is InChI=1S/C10H17NO3/c1-14-9(13)4-7-11-10(8-12)5-2-3-6-10/h4,7,11-12H,2-3,5-6,8H2,1H3/b7-4+. The largest absolute Gasteiger partial charge is 0.466 e. The van der Waals surface area contributed by atoms with Gasteiger partial charge in [0, 0.05) is 12.3 Å². The van der Waals surface area contributed by atoms with Gasteiger partial charge in [0.05, 0.1) is 19.3 Å². The second-order valence-electron chi connectivity index (χ2n) is 3.65. The minimum atomic E-state index is -0.386. The smallest absolute Gasteiger partial charge is 0.331 e. The third-order valence-electron chi connectivity index (χ3n) is 2.67. The lowest BCUT2D eigenvalue weighted by Crippen LogP contribution is -2.43. The number of aliphatic hydroxyl groups is 1. The Bertz CT molecular complexity index is 219. The Labute approximate surface area is 83.9 Å². The number of aliphatic hydroxyl groups excluding tert-OH is 1. The van der Waals surface area contributed by atoms with Crippen LogP contribution in [-0.2, 0) is 9.53 Å². The molecule has 4 nitrogen and oxygen atoms in total. The number of methoxy groups -OCH3 is 1. The number of nitrogens with one attached hydrogen (secondary N) is 1. The second kappa shape index (κ2) is 5.00. The quantitative estimate of drug-likeness (QED) is 0.513. The normalized spacial score (nSPS) is 19.9. The van der Waals surface area contributed by atoms with Crippen molar-refractivity contribution in [2.75, 3.05) is 13.7 Å². The van der Waals surface area contributed by atoms with Crippen molar-refractivity contribution in [2.45, 2.75) is 31.2 Å². The molecule has 0 aliphatic heterocycles. The number of rotatable bonds is 4. The molecular weight excluding hydrogens is 182 g/mol. The number of ether oxygens (including phenoxy) is 1. The van der Waals surface area contributed by atoms with Crippen LogP contribution in [0.5, 0.6) is 0 Å². The zero-order chi connectivity index (χ0) is 10.4. The number of hydrogen-bond donors (Lipinski definition) is 2. The molecule has 1 aliphatic carbocycles. The second-order valence-corrected chi connectivity index (χ2v) is 3.65. The van der Waals surface area contributed by atoms with Crippen LogP contribution >= 0.6 is 0 Å². The molecule has 1 fully saturated rings. The molecule has 0 amide bonds. The van der Waals surface area contributed by atoms with E-state index < -0.39 is 0 Å². The molecule has 0 aromatic rings. The SMILES string of the molecule is COC(=O)/C=C/NC1(CO)CCCC1. The summed E-state index contributed by atoms with van der Waals surface area (Å²) < 4.78 is 4.45. The lowest BCUT2D eigenvalue weighted by Gasteiger charge is -2.26. The highest BCUT2D eigenvalue weighted by Gasteiger charge is 2.31. The molecule has 1 saturated carbocycles. The fourth-order valence-corrected chi connectivity index (χ4v) is 1.75. The van der Waals surface area contributed by atoms with Crippen molar-refractivity contribution in [1.29, 1.82) is 0 Å². The van der Waals surface area contributed by atoms with Crippen LogP contribution in [0.25, 0.3) is 0 Å². The molecule has 1 aliphatic rings. The highest BCUT2D eigenvalue weighted by Crippen LogP contribution is 2.28. The highest BCUT2D eigenvalue weighted by atomic mass is 16.5. The Balaban J connectivity index is 2.41. The monoisotopic (exact) mass is 199 g/mol. The summed E-state index contributed by atoms with van der Waals surface area (Å²) in [4.78, 5) is 10.8. The molecule has 0 aromatic carbocycles. The maximum atomic E-state index is 10.8. The lowest BCUT2D eigenvalue weighted by atomic mass is 9.99. The van der Waals surface area contributed by atoms with Crippen molar-refractivity contribution >= 4 is 5.97 Å². The van der Waals surface area contributed by atoms with Crippen molar-refractivity contribution in [3.63, 3.8) is 0 Å². The van der Waals surface area contributed by atoms with E-state index in [0.717, 1.165) is 25.7 Å². The van der Waals surface area contributed by atoms with Crippen LogP contribution < -0.4 is 5.32 Å². The zero-order valence-corrected chi connectivity index (χ0v) is 8.45. The first kappa shape index (κ1) is 11.0. The van der Waals surface area contributed by atoms with Gasteiger partial charge in [-0.1, -0.05) is 12.8 Å². The molecule has 2 N–H and O–H groups in total. The van der Waals surface area contributed by atoms with E-state index in [-0.39, 0.29) is 18.1 Å². The minimum Gasteiger partial charge on any atom is -0.466 e. The van der Waals surface area contributed by atoms with E-state index >= 15 is 0 Å². The van der Waals surface area contributed by atoms with Crippen LogP contribution in [0.1, 0.15) is 25.7 Å². The average Bonchev–Trinajstić information content (AvgIpc) is 2.67. The Hall–Kier alpha value is -1.03. The van der Waals surface area contributed by atoms with Crippen LogP contribution in [-0.4, -0.2) is 30.3 Å². The molecule has 80 valence electrons. The van der Waals surface area contributed by atoms with Crippen molar-refractivity contribution in [3.8, 4) is 0 Å². The van der Waals surface area contributed by atoms with Crippen LogP contribution in [0.15, 0.2) is 12.3 Å². The zero-order valence-electron chi connectivity index (χ0n) is 8.45. The maximum absolute atomic E-state index is 10.8. The summed E-state index contributed by atoms with van der Waals surface area (Å²) in [6.45, 7) is 0.110. The van der Waals surface area contributed by atoms with Gasteiger partial charge in [0.25, 0.3) is 0 Å². The van der Waals surface area contributed by atoms with Gasteiger partial charge in [-0.05, 0) is 12.8 Å². The van der Waals surface area contributed by atoms with Crippen LogP contribution in [0.3, 0.4) is 0 Å². The Kier molecular flexibility index (Phi) is 3.95. The number of hydrogen-bond acceptors (Lipinski definition) is 4. The predicted molar refractivity (Wildman–Crippen MR) is 52.6 cm³/mol. The summed E-state index contributed by atoms with van der Waals surface area (Å²) in [7, 11) is 1.34. The first-order chi connectivity index (χ1) is 6.72. The van der Waals surface area contributed by atoms with Gasteiger partial charge in [-0.3, -0.25) is 0 Å². The third-order valence-corrected chi connectivity index (χ3v) is 2.67. The van der Waals surface area contributed by atoms with Gasteiger partial charge >= 0.3 is 5.97 Å². The molecule has 0 radical (unpaired) electrons. The minimum absolute atomic E-state index is 0.110. The summed E-state index contributed by atoms with van der Waals surface area (Å²) in [5, 5.41) is 12.3.